The van der Waals surface area contributed by atoms with Crippen LogP contribution in [0.2, 0.25) is 5.02 Å². The van der Waals surface area contributed by atoms with E-state index < -0.39 is 10.0 Å². The summed E-state index contributed by atoms with van der Waals surface area (Å²) in [5, 5.41) is 4.01. The number of fused-ring (bicyclic) bond motifs is 1. The molecule has 2 aromatic carbocycles. The minimum absolute atomic E-state index is 0.168. The zero-order chi connectivity index (χ0) is 23.0. The fourth-order valence-electron chi connectivity index (χ4n) is 4.43. The number of hydrogen-bond donors (Lipinski definition) is 1. The molecule has 1 aliphatic heterocycles. The summed E-state index contributed by atoms with van der Waals surface area (Å²) in [4.78, 5) is 13.0. The number of carbonyl (C=O) groups is 1. The van der Waals surface area contributed by atoms with E-state index in [1.54, 1.807) is 35.5 Å². The first-order chi connectivity index (χ1) is 15.2. The molecule has 8 heteroatoms. The molecule has 170 valence electrons. The Morgan fingerprint density at radius 2 is 1.84 bits per heavy atom. The van der Waals surface area contributed by atoms with Gasteiger partial charge in [-0.15, -0.1) is 0 Å². The maximum Gasteiger partial charge on any atom is 0.287 e. The van der Waals surface area contributed by atoms with Crippen molar-refractivity contribution in [1.29, 1.82) is 0 Å². The number of halogens is 1. The van der Waals surface area contributed by atoms with Crippen LogP contribution in [0, 0.1) is 18.8 Å². The predicted molar refractivity (Wildman–Crippen MR) is 125 cm³/mol. The first kappa shape index (κ1) is 22.8. The lowest BCUT2D eigenvalue weighted by Gasteiger charge is -2.34. The minimum Gasteiger partial charge on any atom is -0.451 e. The van der Waals surface area contributed by atoms with Crippen molar-refractivity contribution in [3.05, 3.63) is 64.4 Å². The van der Waals surface area contributed by atoms with Gasteiger partial charge >= 0.3 is 0 Å². The van der Waals surface area contributed by atoms with Crippen LogP contribution in [0.5, 0.6) is 0 Å². The van der Waals surface area contributed by atoms with Gasteiger partial charge in [0.15, 0.2) is 5.76 Å². The number of hydrogen-bond acceptors (Lipinski definition) is 4. The minimum atomic E-state index is -3.62. The molecule has 6 nitrogen and oxygen atoms in total. The number of sulfonamides is 1. The zero-order valence-electron chi connectivity index (χ0n) is 18.4. The highest BCUT2D eigenvalue weighted by Gasteiger charge is 2.32. The third-order valence-corrected chi connectivity index (χ3v) is 8.18. The van der Waals surface area contributed by atoms with Crippen molar-refractivity contribution in [3.8, 4) is 0 Å². The predicted octanol–water partition coefficient (Wildman–Crippen LogP) is 4.99. The molecule has 32 heavy (non-hydrogen) atoms. The molecule has 2 heterocycles. The van der Waals surface area contributed by atoms with Crippen LogP contribution < -0.4 is 5.32 Å². The molecule has 1 aromatic heterocycles. The Bertz CT molecular complexity index is 1260. The van der Waals surface area contributed by atoms with Crippen molar-refractivity contribution in [1.82, 2.24) is 9.62 Å². The Morgan fingerprint density at radius 3 is 2.53 bits per heavy atom. The molecule has 0 bridgehead atoms. The molecule has 0 saturated carbocycles. The first-order valence-corrected chi connectivity index (χ1v) is 12.5. The van der Waals surface area contributed by atoms with Crippen molar-refractivity contribution >= 4 is 38.5 Å². The molecule has 0 unspecified atom stereocenters. The summed E-state index contributed by atoms with van der Waals surface area (Å²) in [6, 6.07) is 12.1. The molecule has 2 atom stereocenters. The average Bonchev–Trinajstić information content (AvgIpc) is 3.08. The van der Waals surface area contributed by atoms with Gasteiger partial charge < -0.3 is 9.73 Å². The molecule has 4 rings (SSSR count). The number of nitrogens with one attached hydrogen (secondary N) is 1. The van der Waals surface area contributed by atoms with Gasteiger partial charge in [0.2, 0.25) is 10.0 Å². The van der Waals surface area contributed by atoms with E-state index in [-0.39, 0.29) is 23.1 Å². The van der Waals surface area contributed by atoms with E-state index in [1.807, 2.05) is 18.2 Å². The van der Waals surface area contributed by atoms with Crippen LogP contribution in [0.3, 0.4) is 0 Å². The van der Waals surface area contributed by atoms with E-state index in [2.05, 4.69) is 19.2 Å². The van der Waals surface area contributed by atoms with E-state index in [9.17, 15) is 13.2 Å². The first-order valence-electron chi connectivity index (χ1n) is 10.7. The lowest BCUT2D eigenvalue weighted by molar-refractivity contribution is 0.0924. The monoisotopic (exact) mass is 474 g/mol. The maximum absolute atomic E-state index is 13.3. The highest BCUT2D eigenvalue weighted by Crippen LogP contribution is 2.31. The zero-order valence-corrected chi connectivity index (χ0v) is 20.0. The second-order valence-corrected chi connectivity index (χ2v) is 11.1. The van der Waals surface area contributed by atoms with Gasteiger partial charge in [-0.2, -0.15) is 4.31 Å². The van der Waals surface area contributed by atoms with Gasteiger partial charge in [0, 0.05) is 35.6 Å². The van der Waals surface area contributed by atoms with Crippen LogP contribution >= 0.6 is 11.6 Å². The molecular formula is C24H27ClN2O4S. The molecule has 1 saturated heterocycles. The molecule has 1 amide bonds. The summed E-state index contributed by atoms with van der Waals surface area (Å²) in [5.41, 5.74) is 1.88. The third-order valence-electron chi connectivity index (χ3n) is 5.98. The van der Waals surface area contributed by atoms with Crippen LogP contribution in [0.15, 0.2) is 51.8 Å². The van der Waals surface area contributed by atoms with Gasteiger partial charge in [0.25, 0.3) is 5.91 Å². The van der Waals surface area contributed by atoms with Gasteiger partial charge in [0.05, 0.1) is 4.90 Å². The van der Waals surface area contributed by atoms with E-state index >= 15 is 0 Å². The fourth-order valence-corrected chi connectivity index (χ4v) is 6.33. The van der Waals surface area contributed by atoms with Gasteiger partial charge in [0.1, 0.15) is 5.58 Å². The molecule has 1 fully saturated rings. The largest absolute Gasteiger partial charge is 0.451 e. The molecule has 1 N–H and O–H groups in total. The van der Waals surface area contributed by atoms with Crippen LogP contribution in [0.1, 0.15) is 41.9 Å². The van der Waals surface area contributed by atoms with Gasteiger partial charge in [-0.3, -0.25) is 4.79 Å². The van der Waals surface area contributed by atoms with Gasteiger partial charge in [-0.05, 0) is 55.0 Å². The summed E-state index contributed by atoms with van der Waals surface area (Å²) in [7, 11) is -3.62. The van der Waals surface area contributed by atoms with E-state index in [0.29, 0.717) is 46.5 Å². The number of aryl methyl sites for hydroxylation is 1. The standard InChI is InChI=1S/C24H27ClN2O4S/c1-15-10-16(2)14-27(13-15)32(29,30)19-8-9-22-20(11-19)17(3)23(31-22)24(28)26-12-18-6-4-5-7-21(18)25/h4-9,11,15-16H,10,12-14H2,1-3H3,(H,26,28)/t15-,16-/m0/s1. The summed E-state index contributed by atoms with van der Waals surface area (Å²) in [6.07, 6.45) is 1.03. The van der Waals surface area contributed by atoms with Crippen molar-refractivity contribution in [3.63, 3.8) is 0 Å². The van der Waals surface area contributed by atoms with Crippen molar-refractivity contribution in [2.24, 2.45) is 11.8 Å². The van der Waals surface area contributed by atoms with Gasteiger partial charge in [-0.25, -0.2) is 8.42 Å². The topological polar surface area (TPSA) is 79.6 Å². The number of rotatable bonds is 5. The molecule has 3 aromatic rings. The fraction of sp³-hybridized carbons (Fsp3) is 0.375. The number of furan rings is 1. The number of amides is 1. The Hall–Kier alpha value is -2.35. The number of benzene rings is 2. The smallest absolute Gasteiger partial charge is 0.287 e. The lowest BCUT2D eigenvalue weighted by atomic mass is 9.94. The lowest BCUT2D eigenvalue weighted by Crippen LogP contribution is -2.42. The number of piperidine rings is 1. The highest BCUT2D eigenvalue weighted by atomic mass is 35.5. The van der Waals surface area contributed by atoms with Crippen molar-refractivity contribution < 1.29 is 17.6 Å². The average molecular weight is 475 g/mol. The SMILES string of the molecule is Cc1c(C(=O)NCc2ccccc2Cl)oc2ccc(S(=O)(=O)N3C[C@@H](C)C[C@H](C)C3)cc12. The molecule has 1 aliphatic rings. The van der Waals surface area contributed by atoms with E-state index in [0.717, 1.165) is 12.0 Å². The van der Waals surface area contributed by atoms with Crippen molar-refractivity contribution in [2.45, 2.75) is 38.6 Å². The molecule has 0 spiro atoms. The molecule has 0 radical (unpaired) electrons. The summed E-state index contributed by atoms with van der Waals surface area (Å²) < 4.78 is 33.9. The Morgan fingerprint density at radius 1 is 1.16 bits per heavy atom. The third kappa shape index (κ3) is 4.42. The number of carbonyl (C=O) groups excluding carboxylic acids is 1. The summed E-state index contributed by atoms with van der Waals surface area (Å²) in [5.74, 6) is 0.436. The second kappa shape index (κ2) is 8.89. The van der Waals surface area contributed by atoms with E-state index in [4.69, 9.17) is 16.0 Å². The van der Waals surface area contributed by atoms with Crippen LogP contribution in [0.4, 0.5) is 0 Å². The second-order valence-electron chi connectivity index (χ2n) is 8.76. The Labute approximate surface area is 193 Å². The molecule has 0 aliphatic carbocycles. The van der Waals surface area contributed by atoms with Crippen LogP contribution in [-0.4, -0.2) is 31.7 Å². The van der Waals surface area contributed by atoms with Crippen LogP contribution in [-0.2, 0) is 16.6 Å². The van der Waals surface area contributed by atoms with Gasteiger partial charge in [-0.1, -0.05) is 43.6 Å². The highest BCUT2D eigenvalue weighted by molar-refractivity contribution is 7.89. The normalized spacial score (nSPS) is 19.9. The quantitative estimate of drug-likeness (QED) is 0.564. The Kier molecular flexibility index (Phi) is 6.34. The maximum atomic E-state index is 13.3. The summed E-state index contributed by atoms with van der Waals surface area (Å²) >= 11 is 6.16. The van der Waals surface area contributed by atoms with Crippen molar-refractivity contribution in [2.75, 3.05) is 13.1 Å². The number of nitrogens with zero attached hydrogens (tertiary/aromatic N) is 1. The summed E-state index contributed by atoms with van der Waals surface area (Å²) in [6.45, 7) is 7.22. The van der Waals surface area contributed by atoms with Crippen LogP contribution in [0.25, 0.3) is 11.0 Å². The molecular weight excluding hydrogens is 448 g/mol. The Balaban J connectivity index is 1.59. The van der Waals surface area contributed by atoms with E-state index in [1.165, 1.54) is 0 Å².